The van der Waals surface area contributed by atoms with Crippen molar-refractivity contribution < 1.29 is 22.0 Å². The summed E-state index contributed by atoms with van der Waals surface area (Å²) in [4.78, 5) is 1.84. The SMILES string of the molecule is Fc1ccc(C2CN(Cc3ccn4c(CC5CC5)nnc4c3C(F)(F)F)CCN2)c(F)c1. The number of benzene rings is 1. The highest BCUT2D eigenvalue weighted by atomic mass is 19.4. The fraction of sp³-hybridized carbons (Fsp3) is 0.455. The van der Waals surface area contributed by atoms with E-state index in [0.29, 0.717) is 43.4 Å². The molecular weight excluding hydrogens is 429 g/mol. The zero-order valence-corrected chi connectivity index (χ0v) is 17.2. The van der Waals surface area contributed by atoms with E-state index in [0.717, 1.165) is 18.9 Å². The number of fused-ring (bicyclic) bond motifs is 1. The molecule has 1 aromatic carbocycles. The molecule has 3 heterocycles. The van der Waals surface area contributed by atoms with Gasteiger partial charge in [-0.1, -0.05) is 6.07 Å². The van der Waals surface area contributed by atoms with Crippen LogP contribution in [0.5, 0.6) is 0 Å². The zero-order valence-electron chi connectivity index (χ0n) is 17.2. The minimum Gasteiger partial charge on any atom is -0.307 e. The van der Waals surface area contributed by atoms with Crippen LogP contribution in [0.15, 0.2) is 30.5 Å². The second-order valence-corrected chi connectivity index (χ2v) is 8.58. The molecule has 10 heteroatoms. The Morgan fingerprint density at radius 1 is 1.09 bits per heavy atom. The highest BCUT2D eigenvalue weighted by Crippen LogP contribution is 2.37. The van der Waals surface area contributed by atoms with Gasteiger partial charge in [0, 0.05) is 56.5 Å². The number of nitrogens with one attached hydrogen (secondary N) is 1. The highest BCUT2D eigenvalue weighted by molar-refractivity contribution is 5.53. The van der Waals surface area contributed by atoms with Crippen LogP contribution >= 0.6 is 0 Å². The maximum Gasteiger partial charge on any atom is 0.420 e. The van der Waals surface area contributed by atoms with E-state index in [1.165, 1.54) is 22.6 Å². The molecule has 0 amide bonds. The van der Waals surface area contributed by atoms with Crippen molar-refractivity contribution in [3.8, 4) is 0 Å². The lowest BCUT2D eigenvalue weighted by molar-refractivity contribution is -0.137. The summed E-state index contributed by atoms with van der Waals surface area (Å²) in [7, 11) is 0. The van der Waals surface area contributed by atoms with E-state index in [4.69, 9.17) is 0 Å². The first-order valence-corrected chi connectivity index (χ1v) is 10.6. The number of rotatable bonds is 5. The molecule has 32 heavy (non-hydrogen) atoms. The molecule has 1 saturated heterocycles. The summed E-state index contributed by atoms with van der Waals surface area (Å²) < 4.78 is 71.1. The van der Waals surface area contributed by atoms with E-state index >= 15 is 0 Å². The van der Waals surface area contributed by atoms with Gasteiger partial charge < -0.3 is 5.32 Å². The van der Waals surface area contributed by atoms with Gasteiger partial charge in [0.05, 0.1) is 0 Å². The van der Waals surface area contributed by atoms with Crippen molar-refractivity contribution in [3.63, 3.8) is 0 Å². The molecule has 1 atom stereocenters. The molecule has 5 nitrogen and oxygen atoms in total. The maximum atomic E-state index is 14.2. The summed E-state index contributed by atoms with van der Waals surface area (Å²) in [5, 5.41) is 11.1. The van der Waals surface area contributed by atoms with Crippen LogP contribution in [-0.2, 0) is 19.1 Å². The number of halogens is 5. The number of aromatic nitrogens is 3. The van der Waals surface area contributed by atoms with Crippen LogP contribution in [0.2, 0.25) is 0 Å². The summed E-state index contributed by atoms with van der Waals surface area (Å²) in [5.41, 5.74) is -0.556. The first kappa shape index (κ1) is 21.3. The first-order valence-electron chi connectivity index (χ1n) is 10.6. The molecule has 3 aromatic rings. The summed E-state index contributed by atoms with van der Waals surface area (Å²) in [6.07, 6.45) is -0.217. The van der Waals surface area contributed by atoms with Crippen molar-refractivity contribution >= 4 is 5.65 Å². The van der Waals surface area contributed by atoms with Crippen molar-refractivity contribution in [2.24, 2.45) is 5.92 Å². The number of nitrogens with zero attached hydrogens (tertiary/aromatic N) is 4. The van der Waals surface area contributed by atoms with Crippen LogP contribution in [-0.4, -0.2) is 39.1 Å². The standard InChI is InChI=1S/C22H22F5N5/c23-15-3-4-16(17(24)10-15)18-12-31(8-6-28-18)11-14-5-7-32-19(9-13-1-2-13)29-30-21(32)20(14)22(25,26)27/h3-5,7,10,13,18,28H,1-2,6,8-9,11-12H2. The zero-order chi connectivity index (χ0) is 22.5. The molecule has 2 aliphatic rings. The van der Waals surface area contributed by atoms with Crippen molar-refractivity contribution in [1.29, 1.82) is 0 Å². The van der Waals surface area contributed by atoms with Gasteiger partial charge in [-0.05, 0) is 36.5 Å². The normalized spacial score (nSPS) is 20.2. The van der Waals surface area contributed by atoms with E-state index in [1.54, 1.807) is 6.20 Å². The monoisotopic (exact) mass is 451 g/mol. The van der Waals surface area contributed by atoms with Crippen molar-refractivity contribution in [1.82, 2.24) is 24.8 Å². The molecule has 0 bridgehead atoms. The van der Waals surface area contributed by atoms with E-state index in [9.17, 15) is 22.0 Å². The van der Waals surface area contributed by atoms with Gasteiger partial charge in [0.15, 0.2) is 5.65 Å². The molecule has 5 rings (SSSR count). The molecule has 1 aliphatic heterocycles. The third-order valence-corrected chi connectivity index (χ3v) is 6.18. The van der Waals surface area contributed by atoms with Crippen LogP contribution in [0.1, 0.15) is 41.4 Å². The molecule has 1 unspecified atom stereocenters. The minimum atomic E-state index is -4.59. The molecule has 1 N–H and O–H groups in total. The Kier molecular flexibility index (Phi) is 5.37. The molecule has 2 aromatic heterocycles. The Morgan fingerprint density at radius 2 is 1.91 bits per heavy atom. The lowest BCUT2D eigenvalue weighted by Gasteiger charge is -2.34. The molecule has 170 valence electrons. The highest BCUT2D eigenvalue weighted by Gasteiger charge is 2.38. The topological polar surface area (TPSA) is 45.5 Å². The summed E-state index contributed by atoms with van der Waals surface area (Å²) >= 11 is 0. The van der Waals surface area contributed by atoms with E-state index in [1.807, 2.05) is 4.90 Å². The lowest BCUT2D eigenvalue weighted by atomic mass is 10.0. The Hall–Kier alpha value is -2.59. The van der Waals surface area contributed by atoms with Gasteiger partial charge in [-0.2, -0.15) is 13.2 Å². The Balaban J connectivity index is 1.42. The number of alkyl halides is 3. The number of hydrogen-bond acceptors (Lipinski definition) is 4. The van der Waals surface area contributed by atoms with Crippen LogP contribution in [0, 0.1) is 17.6 Å². The maximum absolute atomic E-state index is 14.2. The summed E-state index contributed by atoms with van der Waals surface area (Å²) in [6, 6.07) is 4.40. The molecule has 0 radical (unpaired) electrons. The predicted octanol–water partition coefficient (Wildman–Crippen LogP) is 4.13. The first-order chi connectivity index (χ1) is 15.3. The molecule has 1 saturated carbocycles. The Labute approximate surface area is 181 Å². The van der Waals surface area contributed by atoms with Crippen LogP contribution in [0.25, 0.3) is 5.65 Å². The summed E-state index contributed by atoms with van der Waals surface area (Å²) in [5.74, 6) is -0.320. The smallest absolute Gasteiger partial charge is 0.307 e. The second kappa shape index (κ2) is 8.08. The average Bonchev–Trinajstić information content (AvgIpc) is 3.46. The van der Waals surface area contributed by atoms with Gasteiger partial charge in [0.2, 0.25) is 0 Å². The van der Waals surface area contributed by atoms with Crippen LogP contribution in [0.3, 0.4) is 0 Å². The van der Waals surface area contributed by atoms with Gasteiger partial charge in [0.25, 0.3) is 0 Å². The van der Waals surface area contributed by atoms with Gasteiger partial charge in [-0.25, -0.2) is 8.78 Å². The van der Waals surface area contributed by atoms with Crippen LogP contribution < -0.4 is 5.32 Å². The van der Waals surface area contributed by atoms with Crippen LogP contribution in [0.4, 0.5) is 22.0 Å². The number of piperazine rings is 1. The Bertz CT molecular complexity index is 1140. The quantitative estimate of drug-likeness (QED) is 0.593. The molecular formula is C22H22F5N5. The fourth-order valence-corrected chi connectivity index (χ4v) is 4.39. The third-order valence-electron chi connectivity index (χ3n) is 6.18. The van der Waals surface area contributed by atoms with E-state index < -0.39 is 29.4 Å². The minimum absolute atomic E-state index is 0.0388. The lowest BCUT2D eigenvalue weighted by Crippen LogP contribution is -2.45. The second-order valence-electron chi connectivity index (χ2n) is 8.58. The van der Waals surface area contributed by atoms with E-state index in [-0.39, 0.29) is 17.8 Å². The summed E-state index contributed by atoms with van der Waals surface area (Å²) in [6.45, 7) is 1.31. The fourth-order valence-electron chi connectivity index (χ4n) is 4.39. The third kappa shape index (κ3) is 4.21. The average molecular weight is 451 g/mol. The molecule has 2 fully saturated rings. The van der Waals surface area contributed by atoms with Crippen molar-refractivity contribution in [2.75, 3.05) is 19.6 Å². The largest absolute Gasteiger partial charge is 0.420 e. The Morgan fingerprint density at radius 3 is 2.62 bits per heavy atom. The van der Waals surface area contributed by atoms with E-state index in [2.05, 4.69) is 15.5 Å². The van der Waals surface area contributed by atoms with Gasteiger partial charge >= 0.3 is 6.18 Å². The van der Waals surface area contributed by atoms with Gasteiger partial charge in [-0.15, -0.1) is 10.2 Å². The molecule has 1 aliphatic carbocycles. The van der Waals surface area contributed by atoms with Crippen molar-refractivity contribution in [3.05, 3.63) is 64.6 Å². The van der Waals surface area contributed by atoms with Gasteiger partial charge in [0.1, 0.15) is 23.0 Å². The van der Waals surface area contributed by atoms with Crippen molar-refractivity contribution in [2.45, 2.75) is 38.0 Å². The predicted molar refractivity (Wildman–Crippen MR) is 107 cm³/mol. The number of hydrogen-bond donors (Lipinski definition) is 1. The number of pyridine rings is 1. The molecule has 0 spiro atoms. The van der Waals surface area contributed by atoms with Gasteiger partial charge in [-0.3, -0.25) is 9.30 Å².